The molecule has 0 atom stereocenters. The van der Waals surface area contributed by atoms with Crippen molar-refractivity contribution in [3.63, 3.8) is 0 Å². The molecule has 1 aromatic heterocycles. The first-order chi connectivity index (χ1) is 11.5. The number of carboxylic acid groups (broad SMARTS) is 1. The number of aliphatic carboxylic acids is 1. The third kappa shape index (κ3) is 3.72. The van der Waals surface area contributed by atoms with E-state index in [4.69, 9.17) is 28.3 Å². The van der Waals surface area contributed by atoms with E-state index in [2.05, 4.69) is 10.2 Å². The Labute approximate surface area is 152 Å². The maximum absolute atomic E-state index is 10.9. The minimum absolute atomic E-state index is 0.0848. The van der Waals surface area contributed by atoms with E-state index in [1.165, 1.54) is 0 Å². The van der Waals surface area contributed by atoms with Gasteiger partial charge in [0, 0.05) is 10.0 Å². The van der Waals surface area contributed by atoms with E-state index in [0.29, 0.717) is 15.2 Å². The van der Waals surface area contributed by atoms with Crippen LogP contribution in [0.3, 0.4) is 0 Å². The Morgan fingerprint density at radius 1 is 1.08 bits per heavy atom. The SMILES string of the molecule is O=C(O)CSc1n[nH]c(-c2ccc(Cl)cc2)[n+]1-c1ccc(Cl)cc1. The van der Waals surface area contributed by atoms with Crippen LogP contribution in [0.15, 0.2) is 53.7 Å². The van der Waals surface area contributed by atoms with Crippen molar-refractivity contribution in [1.82, 2.24) is 10.2 Å². The van der Waals surface area contributed by atoms with Crippen molar-refractivity contribution >= 4 is 40.9 Å². The van der Waals surface area contributed by atoms with Crippen LogP contribution in [0.5, 0.6) is 0 Å². The minimum Gasteiger partial charge on any atom is -0.481 e. The molecule has 0 aliphatic heterocycles. The summed E-state index contributed by atoms with van der Waals surface area (Å²) in [6.07, 6.45) is 0. The van der Waals surface area contributed by atoms with Crippen molar-refractivity contribution in [2.24, 2.45) is 0 Å². The molecule has 0 bridgehead atoms. The lowest BCUT2D eigenvalue weighted by atomic mass is 10.2. The maximum atomic E-state index is 10.9. The monoisotopic (exact) mass is 380 g/mol. The van der Waals surface area contributed by atoms with Crippen molar-refractivity contribution in [1.29, 1.82) is 0 Å². The molecule has 122 valence electrons. The molecular formula is C16H12Cl2N3O2S+. The molecule has 0 aliphatic rings. The lowest BCUT2D eigenvalue weighted by Crippen LogP contribution is -2.34. The summed E-state index contributed by atoms with van der Waals surface area (Å²) in [5.41, 5.74) is 1.70. The first-order valence-corrected chi connectivity index (χ1v) is 8.65. The van der Waals surface area contributed by atoms with E-state index < -0.39 is 5.97 Å². The van der Waals surface area contributed by atoms with Gasteiger partial charge in [-0.2, -0.15) is 4.57 Å². The van der Waals surface area contributed by atoms with E-state index in [0.717, 1.165) is 28.8 Å². The van der Waals surface area contributed by atoms with Gasteiger partial charge in [0.15, 0.2) is 0 Å². The van der Waals surface area contributed by atoms with E-state index >= 15 is 0 Å². The normalized spacial score (nSPS) is 10.8. The zero-order chi connectivity index (χ0) is 17.1. The Balaban J connectivity index is 2.09. The lowest BCUT2D eigenvalue weighted by Gasteiger charge is -2.04. The number of H-pyrrole nitrogens is 1. The number of hydrogen-bond donors (Lipinski definition) is 2. The summed E-state index contributed by atoms with van der Waals surface area (Å²) in [5.74, 6) is -0.265. The van der Waals surface area contributed by atoms with Crippen molar-refractivity contribution in [2.75, 3.05) is 5.75 Å². The molecule has 0 saturated heterocycles. The fourth-order valence-electron chi connectivity index (χ4n) is 2.15. The Hall–Kier alpha value is -2.02. The van der Waals surface area contributed by atoms with Crippen molar-refractivity contribution in [3.8, 4) is 17.1 Å². The molecule has 8 heteroatoms. The standard InChI is InChI=1S/C16H11Cl2N3O2S/c17-11-3-1-10(2-4-11)15-19-20-16(24-9-14(22)23)21(15)13-7-5-12(18)6-8-13/h1-8H,9H2,(H,22,23)/p+1. The number of aromatic nitrogens is 3. The van der Waals surface area contributed by atoms with Gasteiger partial charge in [-0.3, -0.25) is 4.79 Å². The molecule has 0 saturated carbocycles. The fourth-order valence-corrected chi connectivity index (χ4v) is 3.09. The Morgan fingerprint density at radius 3 is 2.25 bits per heavy atom. The third-order valence-corrected chi connectivity index (χ3v) is 4.63. The molecule has 0 radical (unpaired) electrons. The van der Waals surface area contributed by atoms with Gasteiger partial charge in [0.1, 0.15) is 11.4 Å². The highest BCUT2D eigenvalue weighted by atomic mass is 35.5. The largest absolute Gasteiger partial charge is 0.481 e. The van der Waals surface area contributed by atoms with Gasteiger partial charge in [-0.25, -0.2) is 0 Å². The number of benzene rings is 2. The summed E-state index contributed by atoms with van der Waals surface area (Å²) in [6, 6.07) is 14.6. The van der Waals surface area contributed by atoms with Crippen LogP contribution in [0, 0.1) is 0 Å². The summed E-state index contributed by atoms with van der Waals surface area (Å²) in [4.78, 5) is 10.9. The van der Waals surface area contributed by atoms with Gasteiger partial charge in [0.05, 0.1) is 10.7 Å². The smallest absolute Gasteiger partial charge is 0.342 e. The number of rotatable bonds is 5. The molecule has 3 aromatic rings. The molecule has 0 unspecified atom stereocenters. The van der Waals surface area contributed by atoms with Gasteiger partial charge in [0.2, 0.25) is 0 Å². The van der Waals surface area contributed by atoms with Crippen molar-refractivity contribution < 1.29 is 14.5 Å². The first-order valence-electron chi connectivity index (χ1n) is 6.91. The third-order valence-electron chi connectivity index (χ3n) is 3.20. The molecular weight excluding hydrogens is 369 g/mol. The van der Waals surface area contributed by atoms with Gasteiger partial charge >= 0.3 is 11.1 Å². The van der Waals surface area contributed by atoms with Crippen molar-refractivity contribution in [2.45, 2.75) is 5.16 Å². The highest BCUT2D eigenvalue weighted by Crippen LogP contribution is 2.22. The number of carbonyl (C=O) groups is 1. The summed E-state index contributed by atoms with van der Waals surface area (Å²) in [5, 5.41) is 18.0. The van der Waals surface area contributed by atoms with Crippen molar-refractivity contribution in [3.05, 3.63) is 58.6 Å². The van der Waals surface area contributed by atoms with E-state index in [9.17, 15) is 4.79 Å². The summed E-state index contributed by atoms with van der Waals surface area (Å²) >= 11 is 13.0. The van der Waals surface area contributed by atoms with Gasteiger partial charge in [0.25, 0.3) is 5.82 Å². The number of thioether (sulfide) groups is 1. The average molecular weight is 381 g/mol. The number of carboxylic acids is 1. The number of aromatic amines is 1. The summed E-state index contributed by atoms with van der Waals surface area (Å²) in [6.45, 7) is 0. The van der Waals surface area contributed by atoms with Crippen LogP contribution in [-0.2, 0) is 4.79 Å². The molecule has 24 heavy (non-hydrogen) atoms. The van der Waals surface area contributed by atoms with Gasteiger partial charge in [-0.05, 0) is 60.3 Å². The molecule has 5 nitrogen and oxygen atoms in total. The predicted molar refractivity (Wildman–Crippen MR) is 93.9 cm³/mol. The van der Waals surface area contributed by atoms with Crippen LogP contribution in [0.4, 0.5) is 0 Å². The Kier molecular flexibility index (Phi) is 5.08. The molecule has 1 heterocycles. The van der Waals surface area contributed by atoms with Gasteiger partial charge < -0.3 is 5.11 Å². The van der Waals surface area contributed by atoms with E-state index in [1.54, 1.807) is 24.3 Å². The number of nitrogens with one attached hydrogen (secondary N) is 1. The fraction of sp³-hybridized carbons (Fsp3) is 0.0625. The quantitative estimate of drug-likeness (QED) is 0.521. The first kappa shape index (κ1) is 16.8. The molecule has 0 spiro atoms. The zero-order valence-corrected chi connectivity index (χ0v) is 14.6. The van der Waals surface area contributed by atoms with Crippen LogP contribution in [0.1, 0.15) is 0 Å². The summed E-state index contributed by atoms with van der Waals surface area (Å²) in [7, 11) is 0. The lowest BCUT2D eigenvalue weighted by molar-refractivity contribution is -0.625. The van der Waals surface area contributed by atoms with E-state index in [-0.39, 0.29) is 5.75 Å². The summed E-state index contributed by atoms with van der Waals surface area (Å²) < 4.78 is 1.85. The van der Waals surface area contributed by atoms with Crippen LogP contribution in [-0.4, -0.2) is 27.0 Å². The Morgan fingerprint density at radius 2 is 1.67 bits per heavy atom. The van der Waals surface area contributed by atoms with Crippen LogP contribution < -0.4 is 4.57 Å². The molecule has 2 aromatic carbocycles. The van der Waals surface area contributed by atoms with E-state index in [1.807, 2.05) is 28.8 Å². The molecule has 3 rings (SSSR count). The number of halogens is 2. The highest BCUT2D eigenvalue weighted by Gasteiger charge is 2.24. The number of hydrogen-bond acceptors (Lipinski definition) is 3. The van der Waals surface area contributed by atoms with Crippen LogP contribution in [0.2, 0.25) is 10.0 Å². The second kappa shape index (κ2) is 7.25. The molecule has 0 fully saturated rings. The Bertz CT molecular complexity index is 864. The zero-order valence-electron chi connectivity index (χ0n) is 12.2. The van der Waals surface area contributed by atoms with Crippen LogP contribution in [0.25, 0.3) is 17.1 Å². The maximum Gasteiger partial charge on any atom is 0.342 e. The highest BCUT2D eigenvalue weighted by molar-refractivity contribution is 7.99. The van der Waals surface area contributed by atoms with Gasteiger partial charge in [-0.15, -0.1) is 5.10 Å². The second-order valence-electron chi connectivity index (χ2n) is 4.86. The molecule has 0 aliphatic carbocycles. The molecule has 2 N–H and O–H groups in total. The minimum atomic E-state index is -0.904. The average Bonchev–Trinajstić information content (AvgIpc) is 2.98. The van der Waals surface area contributed by atoms with Crippen LogP contribution >= 0.6 is 35.0 Å². The second-order valence-corrected chi connectivity index (χ2v) is 6.67. The molecule has 0 amide bonds. The topological polar surface area (TPSA) is 69.9 Å². The van der Waals surface area contributed by atoms with Gasteiger partial charge in [-0.1, -0.05) is 23.2 Å². The number of nitrogens with zero attached hydrogens (tertiary/aromatic N) is 2. The predicted octanol–water partition coefficient (Wildman–Crippen LogP) is 3.84.